The van der Waals surface area contributed by atoms with Crippen molar-refractivity contribution >= 4 is 39.8 Å². The first kappa shape index (κ1) is 24.0. The molecule has 0 atom stereocenters. The maximum Gasteiger partial charge on any atom is 0.255 e. The number of carbonyl (C=O) groups is 1. The summed E-state index contributed by atoms with van der Waals surface area (Å²) in [5, 5.41) is 15.2. The summed E-state index contributed by atoms with van der Waals surface area (Å²) in [6.45, 7) is 6.95. The molecular weight excluding hydrogens is 464 g/mol. The molecule has 3 N–H and O–H groups in total. The molecule has 0 aliphatic rings. The molecule has 2 heterocycles. The van der Waals surface area contributed by atoms with E-state index in [2.05, 4.69) is 45.0 Å². The molecule has 7 nitrogen and oxygen atoms in total. The minimum Gasteiger partial charge on any atom is -0.375 e. The predicted octanol–water partition coefficient (Wildman–Crippen LogP) is 5.34. The van der Waals surface area contributed by atoms with Crippen molar-refractivity contribution in [2.75, 3.05) is 11.1 Å². The Morgan fingerprint density at radius 3 is 2.74 bits per heavy atom. The largest absolute Gasteiger partial charge is 0.375 e. The zero-order chi connectivity index (χ0) is 24.1. The van der Waals surface area contributed by atoms with Crippen LogP contribution in [0.25, 0.3) is 0 Å². The molecule has 0 unspecified atom stereocenters. The molecule has 0 radical (unpaired) electrons. The Morgan fingerprint density at radius 1 is 1.18 bits per heavy atom. The van der Waals surface area contributed by atoms with Gasteiger partial charge in [-0.3, -0.25) is 4.79 Å². The van der Waals surface area contributed by atoms with Gasteiger partial charge in [-0.2, -0.15) is 0 Å². The first-order chi connectivity index (χ1) is 16.5. The number of nitrogens with zero attached hydrogens (tertiary/aromatic N) is 4. The quantitative estimate of drug-likeness (QED) is 0.306. The first-order valence-corrected chi connectivity index (χ1v) is 13.1. The van der Waals surface area contributed by atoms with Gasteiger partial charge in [0.05, 0.1) is 12.1 Å². The number of aryl methyl sites for hydroxylation is 2. The monoisotopic (exact) mass is 492 g/mol. The SMILES string of the molecule is CCc1cccc(C)c1NC(=O)c1cccc(CSc2nnc(Cc3csc(N)n3)n2CC)c1. The highest BCUT2D eigenvalue weighted by Crippen LogP contribution is 2.25. The molecule has 0 aliphatic carbocycles. The third kappa shape index (κ3) is 5.48. The Hall–Kier alpha value is -3.17. The third-order valence-electron chi connectivity index (χ3n) is 5.55. The molecule has 2 aromatic carbocycles. The van der Waals surface area contributed by atoms with E-state index in [0.717, 1.165) is 52.0 Å². The van der Waals surface area contributed by atoms with Crippen molar-refractivity contribution in [1.82, 2.24) is 19.7 Å². The van der Waals surface area contributed by atoms with Gasteiger partial charge in [-0.05, 0) is 49.1 Å². The maximum atomic E-state index is 13.0. The summed E-state index contributed by atoms with van der Waals surface area (Å²) in [4.78, 5) is 17.3. The number of aromatic nitrogens is 4. The number of amides is 1. The molecule has 34 heavy (non-hydrogen) atoms. The topological polar surface area (TPSA) is 98.7 Å². The summed E-state index contributed by atoms with van der Waals surface area (Å²) in [6.07, 6.45) is 1.47. The molecule has 0 saturated heterocycles. The second-order valence-electron chi connectivity index (χ2n) is 7.90. The molecule has 4 rings (SSSR count). The van der Waals surface area contributed by atoms with Crippen LogP contribution in [0.5, 0.6) is 0 Å². The maximum absolute atomic E-state index is 13.0. The molecule has 0 fully saturated rings. The standard InChI is InChI=1S/C25H28N6OS2/c1-4-18-10-6-8-16(3)22(18)28-23(32)19-11-7-9-17(12-19)14-34-25-30-29-21(31(25)5-2)13-20-15-33-24(26)27-20/h6-12,15H,4-5,13-14H2,1-3H3,(H2,26,27)(H,28,32). The summed E-state index contributed by atoms with van der Waals surface area (Å²) in [6, 6.07) is 13.8. The lowest BCUT2D eigenvalue weighted by molar-refractivity contribution is 0.102. The number of hydrogen-bond acceptors (Lipinski definition) is 7. The van der Waals surface area contributed by atoms with E-state index in [-0.39, 0.29) is 5.91 Å². The van der Waals surface area contributed by atoms with Gasteiger partial charge in [0.1, 0.15) is 5.82 Å². The molecule has 0 spiro atoms. The van der Waals surface area contributed by atoms with Crippen molar-refractivity contribution in [3.8, 4) is 0 Å². The molecular formula is C25H28N6OS2. The lowest BCUT2D eigenvalue weighted by Gasteiger charge is -2.13. The van der Waals surface area contributed by atoms with Crippen LogP contribution in [0.2, 0.25) is 0 Å². The highest BCUT2D eigenvalue weighted by molar-refractivity contribution is 7.98. The van der Waals surface area contributed by atoms with Crippen LogP contribution in [0.1, 0.15) is 52.4 Å². The van der Waals surface area contributed by atoms with Crippen LogP contribution in [-0.2, 0) is 25.1 Å². The van der Waals surface area contributed by atoms with Crippen LogP contribution in [-0.4, -0.2) is 25.7 Å². The van der Waals surface area contributed by atoms with E-state index in [9.17, 15) is 4.79 Å². The summed E-state index contributed by atoms with van der Waals surface area (Å²) < 4.78 is 2.10. The van der Waals surface area contributed by atoms with E-state index in [1.807, 2.05) is 48.7 Å². The normalized spacial score (nSPS) is 11.0. The number of benzene rings is 2. The lowest BCUT2D eigenvalue weighted by atomic mass is 10.0. The zero-order valence-electron chi connectivity index (χ0n) is 19.5. The fourth-order valence-electron chi connectivity index (χ4n) is 3.78. The Bertz CT molecular complexity index is 1300. The molecule has 9 heteroatoms. The van der Waals surface area contributed by atoms with Gasteiger partial charge < -0.3 is 15.6 Å². The number of hydrogen-bond donors (Lipinski definition) is 2. The molecule has 2 aromatic heterocycles. The Balaban J connectivity index is 1.45. The van der Waals surface area contributed by atoms with Crippen LogP contribution in [0.4, 0.5) is 10.8 Å². The average Bonchev–Trinajstić information content (AvgIpc) is 3.44. The van der Waals surface area contributed by atoms with Gasteiger partial charge in [0.25, 0.3) is 5.91 Å². The van der Waals surface area contributed by atoms with Crippen LogP contribution in [0.15, 0.2) is 53.0 Å². The van der Waals surface area contributed by atoms with E-state index in [1.165, 1.54) is 11.3 Å². The lowest BCUT2D eigenvalue weighted by Crippen LogP contribution is -2.14. The number of thioether (sulfide) groups is 1. The second kappa shape index (κ2) is 10.8. The Labute approximate surface area is 207 Å². The van der Waals surface area contributed by atoms with Crippen LogP contribution in [0.3, 0.4) is 0 Å². The fraction of sp³-hybridized carbons (Fsp3) is 0.280. The summed E-state index contributed by atoms with van der Waals surface area (Å²) in [7, 11) is 0. The predicted molar refractivity (Wildman–Crippen MR) is 140 cm³/mol. The van der Waals surface area contributed by atoms with E-state index in [4.69, 9.17) is 5.73 Å². The fourth-order valence-corrected chi connectivity index (χ4v) is 5.30. The van der Waals surface area contributed by atoms with Crippen molar-refractivity contribution in [2.45, 2.75) is 51.1 Å². The van der Waals surface area contributed by atoms with Gasteiger partial charge in [0.15, 0.2) is 10.3 Å². The molecule has 0 bridgehead atoms. The summed E-state index contributed by atoms with van der Waals surface area (Å²) >= 11 is 3.04. The number of carbonyl (C=O) groups excluding carboxylic acids is 1. The number of nitrogens with one attached hydrogen (secondary N) is 1. The third-order valence-corrected chi connectivity index (χ3v) is 7.31. The number of para-hydroxylation sites is 1. The van der Waals surface area contributed by atoms with E-state index in [0.29, 0.717) is 22.9 Å². The first-order valence-electron chi connectivity index (χ1n) is 11.2. The summed E-state index contributed by atoms with van der Waals surface area (Å²) in [5.74, 6) is 1.46. The van der Waals surface area contributed by atoms with Crippen LogP contribution < -0.4 is 11.1 Å². The van der Waals surface area contributed by atoms with Crippen molar-refractivity contribution in [3.05, 3.63) is 81.6 Å². The van der Waals surface area contributed by atoms with Crippen LogP contribution in [0, 0.1) is 6.92 Å². The number of rotatable bonds is 9. The highest BCUT2D eigenvalue weighted by atomic mass is 32.2. The van der Waals surface area contributed by atoms with Gasteiger partial charge in [0.2, 0.25) is 0 Å². The Morgan fingerprint density at radius 2 is 2.00 bits per heavy atom. The van der Waals surface area contributed by atoms with Gasteiger partial charge in [-0.1, -0.05) is 49.0 Å². The number of nitrogen functional groups attached to an aromatic ring is 1. The van der Waals surface area contributed by atoms with Crippen molar-refractivity contribution < 1.29 is 4.79 Å². The average molecular weight is 493 g/mol. The van der Waals surface area contributed by atoms with E-state index in [1.54, 1.807) is 11.8 Å². The molecule has 4 aromatic rings. The molecule has 0 aliphatic heterocycles. The molecule has 1 amide bonds. The van der Waals surface area contributed by atoms with Gasteiger partial charge >= 0.3 is 0 Å². The smallest absolute Gasteiger partial charge is 0.255 e. The molecule has 0 saturated carbocycles. The molecule has 176 valence electrons. The zero-order valence-corrected chi connectivity index (χ0v) is 21.2. The number of nitrogens with two attached hydrogens (primary N) is 1. The van der Waals surface area contributed by atoms with Crippen molar-refractivity contribution in [2.24, 2.45) is 0 Å². The van der Waals surface area contributed by atoms with Crippen LogP contribution >= 0.6 is 23.1 Å². The van der Waals surface area contributed by atoms with Gasteiger partial charge in [-0.25, -0.2) is 4.98 Å². The number of thiazole rings is 1. The van der Waals surface area contributed by atoms with Crippen molar-refractivity contribution in [3.63, 3.8) is 0 Å². The number of anilines is 2. The van der Waals surface area contributed by atoms with Gasteiger partial charge in [-0.15, -0.1) is 21.5 Å². The minimum absolute atomic E-state index is 0.0996. The minimum atomic E-state index is -0.0996. The second-order valence-corrected chi connectivity index (χ2v) is 9.73. The van der Waals surface area contributed by atoms with Crippen molar-refractivity contribution in [1.29, 1.82) is 0 Å². The highest BCUT2D eigenvalue weighted by Gasteiger charge is 2.15. The van der Waals surface area contributed by atoms with Gasteiger partial charge in [0, 0.05) is 28.9 Å². The van der Waals surface area contributed by atoms with E-state index < -0.39 is 0 Å². The Kier molecular flexibility index (Phi) is 7.64. The van der Waals surface area contributed by atoms with E-state index >= 15 is 0 Å². The summed E-state index contributed by atoms with van der Waals surface area (Å²) in [5.41, 5.74) is 11.4.